The summed E-state index contributed by atoms with van der Waals surface area (Å²) in [5.41, 5.74) is 1.29. The van der Waals surface area contributed by atoms with Crippen LogP contribution in [0.15, 0.2) is 35.6 Å². The molecule has 2 aromatic rings. The summed E-state index contributed by atoms with van der Waals surface area (Å²) in [4.78, 5) is 6.90. The van der Waals surface area contributed by atoms with Crippen LogP contribution in [0.2, 0.25) is 0 Å². The Morgan fingerprint density at radius 2 is 1.93 bits per heavy atom. The van der Waals surface area contributed by atoms with Crippen molar-refractivity contribution >= 4 is 29.9 Å². The maximum absolute atomic E-state index is 5.30. The highest BCUT2D eigenvalue weighted by molar-refractivity contribution is 14.0. The first kappa shape index (κ1) is 23.4. The van der Waals surface area contributed by atoms with Gasteiger partial charge in [0.15, 0.2) is 11.8 Å². The Bertz CT molecular complexity index is 756. The molecule has 1 aromatic heterocycles. The molecule has 2 heterocycles. The van der Waals surface area contributed by atoms with Gasteiger partial charge in [-0.15, -0.1) is 34.2 Å². The average molecular weight is 513 g/mol. The van der Waals surface area contributed by atoms with Gasteiger partial charge < -0.3 is 19.9 Å². The monoisotopic (exact) mass is 513 g/mol. The van der Waals surface area contributed by atoms with Crippen LogP contribution in [0.25, 0.3) is 0 Å². The van der Waals surface area contributed by atoms with Crippen LogP contribution in [0.5, 0.6) is 5.75 Å². The van der Waals surface area contributed by atoms with Crippen molar-refractivity contribution < 1.29 is 4.74 Å². The van der Waals surface area contributed by atoms with Crippen molar-refractivity contribution in [2.75, 3.05) is 33.8 Å². The zero-order valence-electron chi connectivity index (χ0n) is 17.5. The summed E-state index contributed by atoms with van der Waals surface area (Å²) >= 11 is 0. The van der Waals surface area contributed by atoms with E-state index in [1.54, 1.807) is 20.5 Å². The molecule has 1 unspecified atom stereocenters. The number of hydrogen-bond donors (Lipinski definition) is 2. The van der Waals surface area contributed by atoms with Gasteiger partial charge in [-0.1, -0.05) is 12.1 Å². The number of nitrogens with one attached hydrogen (secondary N) is 2. The predicted molar refractivity (Wildman–Crippen MR) is 126 cm³/mol. The molecule has 0 radical (unpaired) electrons. The largest absolute Gasteiger partial charge is 0.497 e. The van der Waals surface area contributed by atoms with Gasteiger partial charge in [0, 0.05) is 20.1 Å². The fourth-order valence-electron chi connectivity index (χ4n) is 3.59. The van der Waals surface area contributed by atoms with Gasteiger partial charge in [-0.2, -0.15) is 0 Å². The van der Waals surface area contributed by atoms with Crippen molar-refractivity contribution in [3.05, 3.63) is 42.0 Å². The summed E-state index contributed by atoms with van der Waals surface area (Å²) in [5, 5.41) is 15.0. The number of hydrogen-bond acceptors (Lipinski definition) is 5. The molecule has 0 aliphatic carbocycles. The molecule has 1 fully saturated rings. The van der Waals surface area contributed by atoms with Crippen molar-refractivity contribution in [1.82, 2.24) is 30.3 Å². The first-order valence-electron chi connectivity index (χ1n) is 9.94. The standard InChI is InChI=1S/C20H31N7O.HI/c1-4-26-15-24-25-19(26)14-23-20(21-2)22-13-18(27-11-5-6-12-27)16-7-9-17(28-3)10-8-16;/h7-10,15,18H,4-6,11-14H2,1-3H3,(H2,21,22,23);1H. The molecule has 1 saturated heterocycles. The highest BCUT2D eigenvalue weighted by Crippen LogP contribution is 2.26. The number of guanidine groups is 1. The lowest BCUT2D eigenvalue weighted by Gasteiger charge is -2.29. The molecule has 8 nitrogen and oxygen atoms in total. The third-order valence-electron chi connectivity index (χ3n) is 5.22. The van der Waals surface area contributed by atoms with E-state index in [1.807, 2.05) is 16.7 Å². The van der Waals surface area contributed by atoms with Crippen LogP contribution in [0, 0.1) is 0 Å². The Balaban J connectivity index is 0.00000300. The van der Waals surface area contributed by atoms with Gasteiger partial charge in [0.05, 0.1) is 19.7 Å². The summed E-state index contributed by atoms with van der Waals surface area (Å²) in [6.45, 7) is 6.56. The number of aryl methyl sites for hydroxylation is 1. The molecule has 1 aliphatic rings. The molecule has 9 heteroatoms. The van der Waals surface area contributed by atoms with Crippen LogP contribution in [0.3, 0.4) is 0 Å². The molecular formula is C20H32IN7O. The van der Waals surface area contributed by atoms with E-state index in [1.165, 1.54) is 18.4 Å². The third kappa shape index (κ3) is 6.30. The zero-order chi connectivity index (χ0) is 19.8. The van der Waals surface area contributed by atoms with E-state index in [9.17, 15) is 0 Å². The molecule has 1 aromatic carbocycles. The second-order valence-electron chi connectivity index (χ2n) is 6.87. The molecule has 0 amide bonds. The van der Waals surface area contributed by atoms with E-state index in [2.05, 4.69) is 49.8 Å². The number of benzene rings is 1. The van der Waals surface area contributed by atoms with Crippen molar-refractivity contribution in [2.24, 2.45) is 4.99 Å². The van der Waals surface area contributed by atoms with E-state index in [4.69, 9.17) is 4.74 Å². The van der Waals surface area contributed by atoms with Crippen LogP contribution in [-0.4, -0.2) is 59.4 Å². The van der Waals surface area contributed by atoms with Crippen molar-refractivity contribution in [3.8, 4) is 5.75 Å². The van der Waals surface area contributed by atoms with E-state index < -0.39 is 0 Å². The van der Waals surface area contributed by atoms with Crippen molar-refractivity contribution in [2.45, 2.75) is 38.9 Å². The highest BCUT2D eigenvalue weighted by Gasteiger charge is 2.23. The van der Waals surface area contributed by atoms with E-state index >= 15 is 0 Å². The summed E-state index contributed by atoms with van der Waals surface area (Å²) in [7, 11) is 3.49. The van der Waals surface area contributed by atoms with E-state index in [-0.39, 0.29) is 24.0 Å². The summed E-state index contributed by atoms with van der Waals surface area (Å²) in [5.74, 6) is 2.55. The smallest absolute Gasteiger partial charge is 0.191 e. The number of aliphatic imine (C=N–C) groups is 1. The van der Waals surface area contributed by atoms with Gasteiger partial charge in [-0.25, -0.2) is 0 Å². The summed E-state index contributed by atoms with van der Waals surface area (Å²) in [6, 6.07) is 8.67. The SMILES string of the molecule is CCn1cnnc1CNC(=NC)NCC(c1ccc(OC)cc1)N1CCCC1.I. The number of aromatic nitrogens is 3. The van der Waals surface area contributed by atoms with Crippen LogP contribution in [0.1, 0.15) is 37.2 Å². The van der Waals surface area contributed by atoms with Crippen LogP contribution < -0.4 is 15.4 Å². The lowest BCUT2D eigenvalue weighted by atomic mass is 10.1. The summed E-state index contributed by atoms with van der Waals surface area (Å²) in [6.07, 6.45) is 4.26. The Morgan fingerprint density at radius 1 is 1.21 bits per heavy atom. The van der Waals surface area contributed by atoms with Crippen molar-refractivity contribution in [1.29, 1.82) is 0 Å². The zero-order valence-corrected chi connectivity index (χ0v) is 19.8. The molecular weight excluding hydrogens is 481 g/mol. The molecule has 3 rings (SSSR count). The topological polar surface area (TPSA) is 79.6 Å². The van der Waals surface area contributed by atoms with E-state index in [0.29, 0.717) is 12.6 Å². The molecule has 1 atom stereocenters. The lowest BCUT2D eigenvalue weighted by molar-refractivity contribution is 0.245. The first-order chi connectivity index (χ1) is 13.7. The van der Waals surface area contributed by atoms with Crippen molar-refractivity contribution in [3.63, 3.8) is 0 Å². The Hall–Kier alpha value is -1.88. The van der Waals surface area contributed by atoms with Crippen LogP contribution >= 0.6 is 24.0 Å². The Kier molecular flexibility index (Phi) is 9.65. The third-order valence-corrected chi connectivity index (χ3v) is 5.22. The number of halogens is 1. The average Bonchev–Trinajstić information content (AvgIpc) is 3.42. The molecule has 29 heavy (non-hydrogen) atoms. The fourth-order valence-corrected chi connectivity index (χ4v) is 3.59. The van der Waals surface area contributed by atoms with Gasteiger partial charge in [0.1, 0.15) is 12.1 Å². The number of nitrogens with zero attached hydrogens (tertiary/aromatic N) is 5. The maximum atomic E-state index is 5.30. The van der Waals surface area contributed by atoms with Crippen LogP contribution in [-0.2, 0) is 13.1 Å². The molecule has 0 saturated carbocycles. The minimum Gasteiger partial charge on any atom is -0.497 e. The molecule has 0 bridgehead atoms. The van der Waals surface area contributed by atoms with Gasteiger partial charge in [-0.3, -0.25) is 9.89 Å². The number of methoxy groups -OCH3 is 1. The molecule has 2 N–H and O–H groups in total. The van der Waals surface area contributed by atoms with Crippen LogP contribution in [0.4, 0.5) is 0 Å². The minimum atomic E-state index is 0. The Labute approximate surface area is 190 Å². The minimum absolute atomic E-state index is 0. The quantitative estimate of drug-likeness (QED) is 0.321. The highest BCUT2D eigenvalue weighted by atomic mass is 127. The molecule has 160 valence electrons. The van der Waals surface area contributed by atoms with E-state index in [0.717, 1.165) is 43.7 Å². The summed E-state index contributed by atoms with van der Waals surface area (Å²) < 4.78 is 7.32. The number of rotatable bonds is 8. The second-order valence-corrected chi connectivity index (χ2v) is 6.87. The molecule has 0 spiro atoms. The first-order valence-corrected chi connectivity index (χ1v) is 9.94. The fraction of sp³-hybridized carbons (Fsp3) is 0.550. The predicted octanol–water partition coefficient (Wildman–Crippen LogP) is 2.43. The Morgan fingerprint density at radius 3 is 2.55 bits per heavy atom. The maximum Gasteiger partial charge on any atom is 0.191 e. The van der Waals surface area contributed by atoms with Gasteiger partial charge in [0.25, 0.3) is 0 Å². The lowest BCUT2D eigenvalue weighted by Crippen LogP contribution is -2.42. The van der Waals surface area contributed by atoms with Gasteiger partial charge >= 0.3 is 0 Å². The molecule has 1 aliphatic heterocycles. The van der Waals surface area contributed by atoms with Gasteiger partial charge in [-0.05, 0) is 50.6 Å². The number of ether oxygens (including phenoxy) is 1. The second kappa shape index (κ2) is 12.0. The normalized spacial score (nSPS) is 15.6. The number of likely N-dealkylation sites (tertiary alicyclic amines) is 1. The van der Waals surface area contributed by atoms with Gasteiger partial charge in [0.2, 0.25) is 0 Å².